The van der Waals surface area contributed by atoms with Crippen LogP contribution in [0.3, 0.4) is 0 Å². The second-order valence-corrected chi connectivity index (χ2v) is 5.54. The number of aliphatic carboxylic acids is 1. The number of carbonyl (C=O) groups excluding carboxylic acids is 1. The minimum Gasteiger partial charge on any atom is -0.493 e. The summed E-state index contributed by atoms with van der Waals surface area (Å²) < 4.78 is 10.4. The van der Waals surface area contributed by atoms with Crippen LogP contribution >= 0.6 is 0 Å². The number of rotatable bonds is 5. The summed E-state index contributed by atoms with van der Waals surface area (Å²) in [6.45, 7) is 1.81. The maximum Gasteiger partial charge on any atom is 0.326 e. The first kappa shape index (κ1) is 15.2. The van der Waals surface area contributed by atoms with Crippen LogP contribution in [0, 0.1) is 5.41 Å². The van der Waals surface area contributed by atoms with E-state index in [4.69, 9.17) is 9.47 Å². The number of hydrogen-bond acceptors (Lipinski definition) is 4. The lowest BCUT2D eigenvalue weighted by Gasteiger charge is -2.27. The molecule has 21 heavy (non-hydrogen) atoms. The zero-order valence-electron chi connectivity index (χ0n) is 12.3. The molecule has 0 aromatic heterocycles. The SMILES string of the molecule is COc1ccc(CC2(C)CC(=O)NC2C(=O)O)cc1OC. The number of benzene rings is 1. The zero-order chi connectivity index (χ0) is 15.6. The highest BCUT2D eigenvalue weighted by Crippen LogP contribution is 2.37. The van der Waals surface area contributed by atoms with Gasteiger partial charge in [0.05, 0.1) is 14.2 Å². The summed E-state index contributed by atoms with van der Waals surface area (Å²) in [5, 5.41) is 11.8. The molecule has 1 aliphatic rings. The number of nitrogens with one attached hydrogen (secondary N) is 1. The van der Waals surface area contributed by atoms with E-state index in [1.165, 1.54) is 0 Å². The Morgan fingerprint density at radius 3 is 2.62 bits per heavy atom. The summed E-state index contributed by atoms with van der Waals surface area (Å²) in [7, 11) is 3.10. The average Bonchev–Trinajstić information content (AvgIpc) is 2.73. The number of carboxylic acids is 1. The van der Waals surface area contributed by atoms with Gasteiger partial charge < -0.3 is 19.9 Å². The molecule has 2 rings (SSSR count). The fraction of sp³-hybridized carbons (Fsp3) is 0.467. The highest BCUT2D eigenvalue weighted by molar-refractivity contribution is 5.89. The van der Waals surface area contributed by atoms with E-state index in [-0.39, 0.29) is 12.3 Å². The van der Waals surface area contributed by atoms with E-state index in [9.17, 15) is 14.7 Å². The first-order valence-corrected chi connectivity index (χ1v) is 6.62. The average molecular weight is 293 g/mol. The number of amides is 1. The second-order valence-electron chi connectivity index (χ2n) is 5.54. The van der Waals surface area contributed by atoms with Crippen LogP contribution in [-0.4, -0.2) is 37.2 Å². The number of carboxylic acid groups (broad SMARTS) is 1. The van der Waals surface area contributed by atoms with Crippen LogP contribution in [0.1, 0.15) is 18.9 Å². The molecule has 1 aromatic rings. The zero-order valence-corrected chi connectivity index (χ0v) is 12.3. The molecule has 0 bridgehead atoms. The third kappa shape index (κ3) is 2.94. The molecule has 1 aromatic carbocycles. The summed E-state index contributed by atoms with van der Waals surface area (Å²) in [4.78, 5) is 22.9. The summed E-state index contributed by atoms with van der Waals surface area (Å²) in [6.07, 6.45) is 0.654. The molecular weight excluding hydrogens is 274 g/mol. The van der Waals surface area contributed by atoms with E-state index in [0.29, 0.717) is 17.9 Å². The molecule has 6 heteroatoms. The fourth-order valence-corrected chi connectivity index (χ4v) is 2.84. The van der Waals surface area contributed by atoms with E-state index in [0.717, 1.165) is 5.56 Å². The molecule has 2 N–H and O–H groups in total. The van der Waals surface area contributed by atoms with Crippen molar-refractivity contribution in [3.05, 3.63) is 23.8 Å². The number of hydrogen-bond donors (Lipinski definition) is 2. The number of carbonyl (C=O) groups is 2. The van der Waals surface area contributed by atoms with Crippen LogP contribution in [0.25, 0.3) is 0 Å². The van der Waals surface area contributed by atoms with Crippen LogP contribution < -0.4 is 14.8 Å². The van der Waals surface area contributed by atoms with Crippen molar-refractivity contribution in [2.75, 3.05) is 14.2 Å². The van der Waals surface area contributed by atoms with Gasteiger partial charge in [0.1, 0.15) is 6.04 Å². The van der Waals surface area contributed by atoms with Gasteiger partial charge in [-0.25, -0.2) is 4.79 Å². The van der Waals surface area contributed by atoms with Crippen LogP contribution in [0.15, 0.2) is 18.2 Å². The molecule has 1 heterocycles. The van der Waals surface area contributed by atoms with Crippen molar-refractivity contribution in [1.82, 2.24) is 5.32 Å². The van der Waals surface area contributed by atoms with E-state index >= 15 is 0 Å². The Morgan fingerprint density at radius 1 is 1.38 bits per heavy atom. The minimum absolute atomic E-state index is 0.193. The highest BCUT2D eigenvalue weighted by atomic mass is 16.5. The van der Waals surface area contributed by atoms with Crippen LogP contribution in [-0.2, 0) is 16.0 Å². The van der Waals surface area contributed by atoms with Gasteiger partial charge in [0.25, 0.3) is 0 Å². The summed E-state index contributed by atoms with van der Waals surface area (Å²) in [5.74, 6) is -0.0428. The van der Waals surface area contributed by atoms with Crippen molar-refractivity contribution < 1.29 is 24.2 Å². The molecule has 2 unspecified atom stereocenters. The highest BCUT2D eigenvalue weighted by Gasteiger charge is 2.47. The smallest absolute Gasteiger partial charge is 0.326 e. The molecule has 114 valence electrons. The van der Waals surface area contributed by atoms with Gasteiger partial charge in [0.2, 0.25) is 5.91 Å². The molecular formula is C15H19NO5. The second kappa shape index (κ2) is 5.63. The van der Waals surface area contributed by atoms with Gasteiger partial charge in [-0.3, -0.25) is 4.79 Å². The molecule has 0 spiro atoms. The van der Waals surface area contributed by atoms with Crippen molar-refractivity contribution in [3.63, 3.8) is 0 Å². The molecule has 0 aliphatic carbocycles. The molecule has 2 atom stereocenters. The molecule has 1 fully saturated rings. The Bertz CT molecular complexity index is 571. The monoisotopic (exact) mass is 293 g/mol. The van der Waals surface area contributed by atoms with Crippen LogP contribution in [0.4, 0.5) is 0 Å². The van der Waals surface area contributed by atoms with Gasteiger partial charge >= 0.3 is 5.97 Å². The lowest BCUT2D eigenvalue weighted by molar-refractivity contribution is -0.142. The van der Waals surface area contributed by atoms with Crippen molar-refractivity contribution in [3.8, 4) is 11.5 Å². The predicted octanol–water partition coefficient (Wildman–Crippen LogP) is 1.23. The van der Waals surface area contributed by atoms with Crippen molar-refractivity contribution in [2.24, 2.45) is 5.41 Å². The molecule has 1 amide bonds. The first-order chi connectivity index (χ1) is 9.89. The lowest BCUT2D eigenvalue weighted by Crippen LogP contribution is -2.43. The predicted molar refractivity (Wildman–Crippen MR) is 75.5 cm³/mol. The summed E-state index contributed by atoms with van der Waals surface area (Å²) >= 11 is 0. The van der Waals surface area contributed by atoms with E-state index in [1.807, 2.05) is 12.1 Å². The van der Waals surface area contributed by atoms with Gasteiger partial charge in [0.15, 0.2) is 11.5 Å². The van der Waals surface area contributed by atoms with Gasteiger partial charge in [-0.05, 0) is 24.1 Å². The Balaban J connectivity index is 2.28. The standard InChI is InChI=1S/C15H19NO5/c1-15(8-12(17)16-13(15)14(18)19)7-9-4-5-10(20-2)11(6-9)21-3/h4-6,13H,7-8H2,1-3H3,(H,16,17)(H,18,19). The molecule has 1 aliphatic heterocycles. The van der Waals surface area contributed by atoms with Gasteiger partial charge in [0, 0.05) is 11.8 Å². The Hall–Kier alpha value is -2.24. The molecule has 1 saturated heterocycles. The Kier molecular flexibility index (Phi) is 4.06. The molecule has 0 radical (unpaired) electrons. The summed E-state index contributed by atoms with van der Waals surface area (Å²) in [6, 6.07) is 4.57. The minimum atomic E-state index is -1.01. The van der Waals surface area contributed by atoms with Gasteiger partial charge in [-0.15, -0.1) is 0 Å². The quantitative estimate of drug-likeness (QED) is 0.853. The van der Waals surface area contributed by atoms with Crippen LogP contribution in [0.5, 0.6) is 11.5 Å². The topological polar surface area (TPSA) is 84.9 Å². The van der Waals surface area contributed by atoms with Crippen LogP contribution in [0.2, 0.25) is 0 Å². The molecule has 6 nitrogen and oxygen atoms in total. The lowest BCUT2D eigenvalue weighted by atomic mass is 9.77. The van der Waals surface area contributed by atoms with E-state index < -0.39 is 17.4 Å². The largest absolute Gasteiger partial charge is 0.493 e. The third-order valence-electron chi connectivity index (χ3n) is 3.87. The van der Waals surface area contributed by atoms with Gasteiger partial charge in [-0.1, -0.05) is 13.0 Å². The normalized spacial score (nSPS) is 24.5. The fourth-order valence-electron chi connectivity index (χ4n) is 2.84. The van der Waals surface area contributed by atoms with E-state index in [2.05, 4.69) is 5.32 Å². The van der Waals surface area contributed by atoms with Crippen molar-refractivity contribution in [2.45, 2.75) is 25.8 Å². The first-order valence-electron chi connectivity index (χ1n) is 6.62. The maximum absolute atomic E-state index is 11.6. The van der Waals surface area contributed by atoms with Crippen molar-refractivity contribution in [1.29, 1.82) is 0 Å². The summed E-state index contributed by atoms with van der Waals surface area (Å²) in [5.41, 5.74) is 0.237. The number of methoxy groups -OCH3 is 2. The Morgan fingerprint density at radius 2 is 2.05 bits per heavy atom. The Labute approximate surface area is 123 Å². The maximum atomic E-state index is 11.6. The third-order valence-corrected chi connectivity index (χ3v) is 3.87. The number of ether oxygens (including phenoxy) is 2. The van der Waals surface area contributed by atoms with Crippen molar-refractivity contribution >= 4 is 11.9 Å². The van der Waals surface area contributed by atoms with E-state index in [1.54, 1.807) is 27.2 Å². The molecule has 0 saturated carbocycles. The van der Waals surface area contributed by atoms with Gasteiger partial charge in [-0.2, -0.15) is 0 Å².